The van der Waals surface area contributed by atoms with E-state index in [1.807, 2.05) is 6.07 Å². The van der Waals surface area contributed by atoms with Gasteiger partial charge in [0.15, 0.2) is 0 Å². The first kappa shape index (κ1) is 10.9. The van der Waals surface area contributed by atoms with Gasteiger partial charge in [-0.25, -0.2) is 0 Å². The highest BCUT2D eigenvalue weighted by atomic mass is 35.5. The molecule has 14 heavy (non-hydrogen) atoms. The van der Waals surface area contributed by atoms with Gasteiger partial charge in [-0.1, -0.05) is 23.2 Å². The summed E-state index contributed by atoms with van der Waals surface area (Å²) in [5, 5.41) is 9.01. The SMILES string of the molecule is N#Cc1ccc(OCC=CCl)c(Cl)c1. The molecule has 0 heterocycles. The molecule has 1 aromatic rings. The van der Waals surface area contributed by atoms with E-state index in [2.05, 4.69) is 0 Å². The molecule has 0 unspecified atom stereocenters. The van der Waals surface area contributed by atoms with E-state index in [9.17, 15) is 0 Å². The van der Waals surface area contributed by atoms with Gasteiger partial charge in [-0.2, -0.15) is 5.26 Å². The van der Waals surface area contributed by atoms with Crippen LogP contribution in [0.1, 0.15) is 5.56 Å². The predicted octanol–water partition coefficient (Wildman–Crippen LogP) is 3.34. The van der Waals surface area contributed by atoms with Gasteiger partial charge in [0.2, 0.25) is 0 Å². The van der Waals surface area contributed by atoms with Crippen LogP contribution in [0.25, 0.3) is 0 Å². The maximum atomic E-state index is 8.59. The van der Waals surface area contributed by atoms with Crippen molar-refractivity contribution in [1.82, 2.24) is 0 Å². The number of hydrogen-bond donors (Lipinski definition) is 0. The molecule has 0 saturated heterocycles. The van der Waals surface area contributed by atoms with Crippen molar-refractivity contribution >= 4 is 23.2 Å². The quantitative estimate of drug-likeness (QED) is 0.794. The standard InChI is InChI=1S/C10H7Cl2NO/c11-4-1-5-14-10-3-2-8(7-13)6-9(10)12/h1-4,6H,5H2. The molecule has 72 valence electrons. The lowest BCUT2D eigenvalue weighted by molar-refractivity contribution is 0.363. The Hall–Kier alpha value is -1.17. The van der Waals surface area contributed by atoms with E-state index in [4.69, 9.17) is 33.2 Å². The highest BCUT2D eigenvalue weighted by Crippen LogP contribution is 2.25. The van der Waals surface area contributed by atoms with Crippen LogP contribution in [0.3, 0.4) is 0 Å². The number of nitrogens with zero attached hydrogens (tertiary/aromatic N) is 1. The van der Waals surface area contributed by atoms with Crippen LogP contribution in [0.5, 0.6) is 5.75 Å². The minimum atomic E-state index is 0.356. The highest BCUT2D eigenvalue weighted by molar-refractivity contribution is 6.32. The average molecular weight is 228 g/mol. The Labute approximate surface area is 92.3 Å². The zero-order valence-corrected chi connectivity index (χ0v) is 8.72. The van der Waals surface area contributed by atoms with Gasteiger partial charge in [0.05, 0.1) is 16.7 Å². The summed E-state index contributed by atoms with van der Waals surface area (Å²) in [6.07, 6.45) is 1.65. The lowest BCUT2D eigenvalue weighted by Gasteiger charge is -2.04. The predicted molar refractivity (Wildman–Crippen MR) is 56.7 cm³/mol. The van der Waals surface area contributed by atoms with Crippen LogP contribution in [0.2, 0.25) is 5.02 Å². The molecular weight excluding hydrogens is 221 g/mol. The Morgan fingerprint density at radius 3 is 2.86 bits per heavy atom. The first-order valence-electron chi connectivity index (χ1n) is 3.85. The molecule has 4 heteroatoms. The minimum absolute atomic E-state index is 0.356. The second kappa shape index (κ2) is 5.54. The molecule has 0 N–H and O–H groups in total. The highest BCUT2D eigenvalue weighted by Gasteiger charge is 2.01. The molecule has 2 nitrogen and oxygen atoms in total. The topological polar surface area (TPSA) is 33.0 Å². The van der Waals surface area contributed by atoms with Crippen LogP contribution in [-0.2, 0) is 0 Å². The molecule has 0 atom stereocenters. The summed E-state index contributed by atoms with van der Waals surface area (Å²) in [4.78, 5) is 0. The number of rotatable bonds is 3. The molecule has 0 spiro atoms. The van der Waals surface area contributed by atoms with Gasteiger partial charge in [0, 0.05) is 5.54 Å². The second-order valence-corrected chi connectivity index (χ2v) is 3.09. The fourth-order valence-corrected chi connectivity index (χ4v) is 1.17. The lowest BCUT2D eigenvalue weighted by atomic mass is 10.2. The van der Waals surface area contributed by atoms with Gasteiger partial charge in [-0.05, 0) is 24.3 Å². The molecule has 0 aliphatic rings. The van der Waals surface area contributed by atoms with Crippen molar-refractivity contribution in [2.75, 3.05) is 6.61 Å². The van der Waals surface area contributed by atoms with Crippen LogP contribution in [0.15, 0.2) is 29.8 Å². The van der Waals surface area contributed by atoms with Crippen LogP contribution < -0.4 is 4.74 Å². The van der Waals surface area contributed by atoms with E-state index in [1.165, 1.54) is 5.54 Å². The zero-order valence-electron chi connectivity index (χ0n) is 7.21. The summed E-state index contributed by atoms with van der Waals surface area (Å²) < 4.78 is 5.26. The molecule has 0 radical (unpaired) electrons. The number of benzene rings is 1. The van der Waals surface area contributed by atoms with E-state index in [1.54, 1.807) is 24.3 Å². The smallest absolute Gasteiger partial charge is 0.138 e. The maximum absolute atomic E-state index is 8.59. The normalized spacial score (nSPS) is 10.1. The van der Waals surface area contributed by atoms with E-state index >= 15 is 0 Å². The van der Waals surface area contributed by atoms with Crippen LogP contribution in [-0.4, -0.2) is 6.61 Å². The molecule has 0 fully saturated rings. The Kier molecular flexibility index (Phi) is 4.31. The third-order valence-electron chi connectivity index (χ3n) is 1.49. The van der Waals surface area contributed by atoms with Gasteiger partial charge >= 0.3 is 0 Å². The Bertz CT molecular complexity index is 382. The first-order chi connectivity index (χ1) is 6.77. The number of halogens is 2. The first-order valence-corrected chi connectivity index (χ1v) is 4.67. The van der Waals surface area contributed by atoms with Crippen molar-refractivity contribution in [1.29, 1.82) is 5.26 Å². The molecule has 0 aromatic heterocycles. The fourth-order valence-electron chi connectivity index (χ4n) is 0.862. The maximum Gasteiger partial charge on any atom is 0.138 e. The van der Waals surface area contributed by atoms with Gasteiger partial charge in [-0.3, -0.25) is 0 Å². The molecule has 0 bridgehead atoms. The van der Waals surface area contributed by atoms with Gasteiger partial charge in [0.25, 0.3) is 0 Å². The van der Waals surface area contributed by atoms with Crippen LogP contribution >= 0.6 is 23.2 Å². The van der Waals surface area contributed by atoms with E-state index in [-0.39, 0.29) is 0 Å². The van der Waals surface area contributed by atoms with Gasteiger partial charge in [-0.15, -0.1) is 0 Å². The Balaban J connectivity index is 2.75. The Morgan fingerprint density at radius 1 is 1.50 bits per heavy atom. The minimum Gasteiger partial charge on any atom is -0.488 e. The average Bonchev–Trinajstić information content (AvgIpc) is 2.20. The van der Waals surface area contributed by atoms with E-state index in [0.29, 0.717) is 22.9 Å². The largest absolute Gasteiger partial charge is 0.488 e. The molecule has 1 rings (SSSR count). The van der Waals surface area contributed by atoms with Crippen molar-refractivity contribution < 1.29 is 4.74 Å². The molecule has 0 aliphatic heterocycles. The van der Waals surface area contributed by atoms with Crippen molar-refractivity contribution in [3.63, 3.8) is 0 Å². The fraction of sp³-hybridized carbons (Fsp3) is 0.100. The zero-order chi connectivity index (χ0) is 10.4. The molecule has 0 aliphatic carbocycles. The molecule has 0 saturated carbocycles. The molecular formula is C10H7Cl2NO. The summed E-state index contributed by atoms with van der Waals surface area (Å²) in [5.41, 5.74) is 1.88. The molecule has 0 amide bonds. The third-order valence-corrected chi connectivity index (χ3v) is 1.96. The van der Waals surface area contributed by atoms with Crippen LogP contribution in [0.4, 0.5) is 0 Å². The monoisotopic (exact) mass is 227 g/mol. The summed E-state index contributed by atoms with van der Waals surface area (Å²) in [6.45, 7) is 0.356. The number of hydrogen-bond acceptors (Lipinski definition) is 2. The summed E-state index contributed by atoms with van der Waals surface area (Å²) in [6, 6.07) is 6.84. The van der Waals surface area contributed by atoms with Gasteiger partial charge in [0.1, 0.15) is 12.4 Å². The van der Waals surface area contributed by atoms with Crippen molar-refractivity contribution in [3.05, 3.63) is 40.4 Å². The van der Waals surface area contributed by atoms with Gasteiger partial charge < -0.3 is 4.74 Å². The number of nitriles is 1. The summed E-state index contributed by atoms with van der Waals surface area (Å²) in [7, 11) is 0. The van der Waals surface area contributed by atoms with Crippen molar-refractivity contribution in [2.24, 2.45) is 0 Å². The second-order valence-electron chi connectivity index (χ2n) is 2.43. The van der Waals surface area contributed by atoms with E-state index < -0.39 is 0 Å². The number of ether oxygens (including phenoxy) is 1. The lowest BCUT2D eigenvalue weighted by Crippen LogP contribution is -1.93. The summed E-state index contributed by atoms with van der Waals surface area (Å²) in [5.74, 6) is 0.542. The van der Waals surface area contributed by atoms with E-state index in [0.717, 1.165) is 0 Å². The third kappa shape index (κ3) is 2.95. The molecule has 1 aromatic carbocycles. The summed E-state index contributed by atoms with van der Waals surface area (Å²) >= 11 is 11.2. The van der Waals surface area contributed by atoms with Crippen molar-refractivity contribution in [3.8, 4) is 11.8 Å². The van der Waals surface area contributed by atoms with Crippen molar-refractivity contribution in [2.45, 2.75) is 0 Å². The van der Waals surface area contributed by atoms with Crippen LogP contribution in [0, 0.1) is 11.3 Å². The Morgan fingerprint density at radius 2 is 2.29 bits per heavy atom.